The molecule has 1 amide bonds. The third kappa shape index (κ3) is 3.51. The van der Waals surface area contributed by atoms with Crippen molar-refractivity contribution >= 4 is 45.2 Å². The third-order valence-corrected chi connectivity index (χ3v) is 4.18. The molecule has 9 heteroatoms. The van der Waals surface area contributed by atoms with Gasteiger partial charge in [-0.15, -0.1) is 10.2 Å². The Balaban J connectivity index is 1.76. The minimum atomic E-state index is -0.124. The molecule has 0 radical (unpaired) electrons. The highest BCUT2D eigenvalue weighted by Gasteiger charge is 2.11. The normalized spacial score (nSPS) is 10.9. The van der Waals surface area contributed by atoms with Crippen LogP contribution >= 0.6 is 23.6 Å². The maximum absolute atomic E-state index is 11.6. The Morgan fingerprint density at radius 2 is 2.22 bits per heavy atom. The Hall–Kier alpha value is -2.39. The van der Waals surface area contributed by atoms with Crippen molar-refractivity contribution in [3.05, 3.63) is 30.6 Å². The summed E-state index contributed by atoms with van der Waals surface area (Å²) < 4.78 is 1.63. The number of fused-ring (bicyclic) bond motifs is 1. The summed E-state index contributed by atoms with van der Waals surface area (Å²) in [5.74, 6) is -0.242. The zero-order chi connectivity index (χ0) is 16.4. The molecule has 1 aromatic carbocycles. The van der Waals surface area contributed by atoms with Gasteiger partial charge in [-0.1, -0.05) is 37.3 Å². The number of carbonyl (C=O) groups excluding carboxylic acids is 1. The van der Waals surface area contributed by atoms with Gasteiger partial charge in [0.15, 0.2) is 5.11 Å². The van der Waals surface area contributed by atoms with E-state index in [1.165, 1.54) is 11.3 Å². The molecule has 7 nitrogen and oxygen atoms in total. The van der Waals surface area contributed by atoms with E-state index in [0.29, 0.717) is 0 Å². The standard InChI is InChI=1S/C14H14N6OS2/c1-8(2)11(21)17-13(22)16-10-5-3-4-9(6-10)12-19-20-7-15-18-14(20)23-12/h3-8H,1-2H3,(H2,16,17,21,22). The average Bonchev–Trinajstić information content (AvgIpc) is 3.08. The molecule has 0 bridgehead atoms. The van der Waals surface area contributed by atoms with Crippen LogP contribution in [0.3, 0.4) is 0 Å². The molecule has 0 aliphatic heterocycles. The minimum Gasteiger partial charge on any atom is -0.332 e. The van der Waals surface area contributed by atoms with E-state index in [-0.39, 0.29) is 16.9 Å². The SMILES string of the molecule is CC(C)C(=O)NC(=S)Nc1cccc(-c2nn3cnnc3s2)c1. The second kappa shape index (κ2) is 6.39. The molecular weight excluding hydrogens is 332 g/mol. The molecule has 0 saturated heterocycles. The summed E-state index contributed by atoms with van der Waals surface area (Å²) in [7, 11) is 0. The van der Waals surface area contributed by atoms with Crippen molar-refractivity contribution in [2.24, 2.45) is 5.92 Å². The molecule has 3 rings (SSSR count). The smallest absolute Gasteiger partial charge is 0.234 e. The molecule has 23 heavy (non-hydrogen) atoms. The van der Waals surface area contributed by atoms with E-state index in [4.69, 9.17) is 12.2 Å². The van der Waals surface area contributed by atoms with Crippen LogP contribution in [0.4, 0.5) is 5.69 Å². The number of nitrogens with one attached hydrogen (secondary N) is 2. The topological polar surface area (TPSA) is 84.2 Å². The number of nitrogens with zero attached hydrogens (tertiary/aromatic N) is 4. The van der Waals surface area contributed by atoms with Crippen molar-refractivity contribution in [1.29, 1.82) is 0 Å². The molecule has 0 saturated carbocycles. The lowest BCUT2D eigenvalue weighted by Crippen LogP contribution is -2.36. The Labute approximate surface area is 141 Å². The van der Waals surface area contributed by atoms with Crippen molar-refractivity contribution in [1.82, 2.24) is 25.1 Å². The molecule has 0 atom stereocenters. The van der Waals surface area contributed by atoms with Crippen molar-refractivity contribution in [2.75, 3.05) is 5.32 Å². The van der Waals surface area contributed by atoms with Gasteiger partial charge in [0, 0.05) is 17.2 Å². The molecule has 118 valence electrons. The first-order valence-electron chi connectivity index (χ1n) is 6.92. The van der Waals surface area contributed by atoms with Gasteiger partial charge in [0.05, 0.1) is 0 Å². The summed E-state index contributed by atoms with van der Waals surface area (Å²) in [5.41, 5.74) is 1.71. The van der Waals surface area contributed by atoms with Crippen LogP contribution in [0.2, 0.25) is 0 Å². The second-order valence-electron chi connectivity index (χ2n) is 5.14. The van der Waals surface area contributed by atoms with Gasteiger partial charge in [0.25, 0.3) is 0 Å². The monoisotopic (exact) mass is 346 g/mol. The largest absolute Gasteiger partial charge is 0.332 e. The van der Waals surface area contributed by atoms with Gasteiger partial charge in [-0.05, 0) is 24.4 Å². The highest BCUT2D eigenvalue weighted by Crippen LogP contribution is 2.26. The maximum atomic E-state index is 11.6. The number of amides is 1. The fourth-order valence-corrected chi connectivity index (χ4v) is 2.86. The number of carbonyl (C=O) groups is 1. The number of hydrogen-bond acceptors (Lipinski definition) is 6. The van der Waals surface area contributed by atoms with Gasteiger partial charge in [-0.3, -0.25) is 4.79 Å². The summed E-state index contributed by atoms with van der Waals surface area (Å²) in [5, 5.41) is 18.9. The predicted molar refractivity (Wildman–Crippen MR) is 93.3 cm³/mol. The molecule has 2 N–H and O–H groups in total. The Bertz CT molecular complexity index is 840. The van der Waals surface area contributed by atoms with Crippen molar-refractivity contribution in [2.45, 2.75) is 13.8 Å². The van der Waals surface area contributed by atoms with E-state index in [0.717, 1.165) is 21.2 Å². The zero-order valence-corrected chi connectivity index (χ0v) is 14.1. The maximum Gasteiger partial charge on any atom is 0.234 e. The number of hydrogen-bond donors (Lipinski definition) is 2. The first-order chi connectivity index (χ1) is 11.0. The lowest BCUT2D eigenvalue weighted by molar-refractivity contribution is -0.122. The first-order valence-corrected chi connectivity index (χ1v) is 8.14. The molecule has 0 fully saturated rings. The Morgan fingerprint density at radius 1 is 1.39 bits per heavy atom. The summed E-state index contributed by atoms with van der Waals surface area (Å²) in [6.45, 7) is 3.62. The molecule has 2 heterocycles. The van der Waals surface area contributed by atoms with Gasteiger partial charge >= 0.3 is 0 Å². The quantitative estimate of drug-likeness (QED) is 0.708. The predicted octanol–water partition coefficient (Wildman–Crippen LogP) is 2.32. The van der Waals surface area contributed by atoms with Crippen LogP contribution in [0.5, 0.6) is 0 Å². The molecular formula is C14H14N6OS2. The first kappa shape index (κ1) is 15.5. The zero-order valence-electron chi connectivity index (χ0n) is 12.5. The third-order valence-electron chi connectivity index (χ3n) is 3.02. The number of benzene rings is 1. The highest BCUT2D eigenvalue weighted by molar-refractivity contribution is 7.80. The fourth-order valence-electron chi connectivity index (χ4n) is 1.83. The van der Waals surface area contributed by atoms with E-state index in [1.54, 1.807) is 10.8 Å². The average molecular weight is 346 g/mol. The van der Waals surface area contributed by atoms with Crippen molar-refractivity contribution in [3.8, 4) is 10.6 Å². The number of thiocarbonyl (C=S) groups is 1. The second-order valence-corrected chi connectivity index (χ2v) is 6.51. The minimum absolute atomic E-state index is 0.118. The molecule has 3 aromatic rings. The summed E-state index contributed by atoms with van der Waals surface area (Å²) in [4.78, 5) is 12.4. The van der Waals surface area contributed by atoms with E-state index in [2.05, 4.69) is 25.9 Å². The van der Waals surface area contributed by atoms with E-state index < -0.39 is 0 Å². The van der Waals surface area contributed by atoms with Gasteiger partial charge < -0.3 is 10.6 Å². The summed E-state index contributed by atoms with van der Waals surface area (Å²) in [6.07, 6.45) is 1.56. The molecule has 0 aliphatic rings. The van der Waals surface area contributed by atoms with Crippen LogP contribution in [-0.4, -0.2) is 30.8 Å². The van der Waals surface area contributed by atoms with E-state index in [9.17, 15) is 4.79 Å². The van der Waals surface area contributed by atoms with Crippen LogP contribution in [0, 0.1) is 5.92 Å². The summed E-state index contributed by atoms with van der Waals surface area (Å²) >= 11 is 6.60. The van der Waals surface area contributed by atoms with Crippen LogP contribution in [0.25, 0.3) is 15.5 Å². The van der Waals surface area contributed by atoms with Crippen LogP contribution in [0.1, 0.15) is 13.8 Å². The van der Waals surface area contributed by atoms with Crippen LogP contribution < -0.4 is 10.6 Å². The summed E-state index contributed by atoms with van der Waals surface area (Å²) in [6, 6.07) is 7.64. The van der Waals surface area contributed by atoms with Gasteiger partial charge in [0.1, 0.15) is 11.3 Å². The fraction of sp³-hybridized carbons (Fsp3) is 0.214. The number of anilines is 1. The molecule has 0 unspecified atom stereocenters. The molecule has 2 aromatic heterocycles. The van der Waals surface area contributed by atoms with E-state index in [1.807, 2.05) is 38.1 Å². The number of aromatic nitrogens is 4. The van der Waals surface area contributed by atoms with Gasteiger partial charge in [0.2, 0.25) is 10.9 Å². The Morgan fingerprint density at radius 3 is 2.96 bits per heavy atom. The highest BCUT2D eigenvalue weighted by atomic mass is 32.1. The van der Waals surface area contributed by atoms with Gasteiger partial charge in [-0.2, -0.15) is 9.61 Å². The number of rotatable bonds is 3. The van der Waals surface area contributed by atoms with Crippen molar-refractivity contribution in [3.63, 3.8) is 0 Å². The van der Waals surface area contributed by atoms with Gasteiger partial charge in [-0.25, -0.2) is 0 Å². The van der Waals surface area contributed by atoms with Crippen molar-refractivity contribution < 1.29 is 4.79 Å². The lowest BCUT2D eigenvalue weighted by atomic mass is 10.2. The molecule has 0 spiro atoms. The van der Waals surface area contributed by atoms with Crippen LogP contribution in [-0.2, 0) is 4.79 Å². The lowest BCUT2D eigenvalue weighted by Gasteiger charge is -2.11. The van der Waals surface area contributed by atoms with E-state index >= 15 is 0 Å². The molecule has 0 aliphatic carbocycles. The van der Waals surface area contributed by atoms with Crippen LogP contribution in [0.15, 0.2) is 30.6 Å². The Kier molecular flexibility index (Phi) is 4.30.